The largest absolute Gasteiger partial charge is 0.379 e. The van der Waals surface area contributed by atoms with Crippen LogP contribution >= 0.6 is 24.0 Å². The molecule has 8 heteroatoms. The normalized spacial score (nSPS) is 17.3. The van der Waals surface area contributed by atoms with Crippen LogP contribution < -0.4 is 10.6 Å². The number of benzene rings is 1. The molecule has 2 atom stereocenters. The number of aliphatic imine (C=N–C) groups is 1. The topological polar surface area (TPSA) is 58.1 Å². The van der Waals surface area contributed by atoms with Crippen molar-refractivity contribution < 1.29 is 13.9 Å². The van der Waals surface area contributed by atoms with Gasteiger partial charge in [0.05, 0.1) is 25.4 Å². The second-order valence-corrected chi connectivity index (χ2v) is 7.63. The van der Waals surface area contributed by atoms with Crippen LogP contribution in [0.1, 0.15) is 38.8 Å². The van der Waals surface area contributed by atoms with E-state index in [-0.39, 0.29) is 41.9 Å². The molecule has 2 rings (SSSR count). The number of halogens is 2. The molecule has 0 aliphatic carbocycles. The monoisotopic (exact) mass is 536 g/mol. The molecular formula is C22H38FIN4O2. The van der Waals surface area contributed by atoms with Crippen molar-refractivity contribution in [2.24, 2.45) is 10.9 Å². The predicted molar refractivity (Wildman–Crippen MR) is 131 cm³/mol. The summed E-state index contributed by atoms with van der Waals surface area (Å²) in [4.78, 5) is 6.68. The Bertz CT molecular complexity index is 627. The number of hydrogen-bond donors (Lipinski definition) is 2. The van der Waals surface area contributed by atoms with Gasteiger partial charge in [-0.05, 0) is 37.0 Å². The third-order valence-electron chi connectivity index (χ3n) is 5.25. The smallest absolute Gasteiger partial charge is 0.191 e. The van der Waals surface area contributed by atoms with Crippen molar-refractivity contribution >= 4 is 29.9 Å². The average Bonchev–Trinajstić information content (AvgIpc) is 2.72. The zero-order valence-corrected chi connectivity index (χ0v) is 21.0. The van der Waals surface area contributed by atoms with Crippen LogP contribution in [0.15, 0.2) is 29.3 Å². The zero-order valence-electron chi connectivity index (χ0n) is 18.7. The first-order valence-corrected chi connectivity index (χ1v) is 10.7. The molecule has 1 saturated heterocycles. The minimum atomic E-state index is -0.209. The van der Waals surface area contributed by atoms with Gasteiger partial charge in [0.2, 0.25) is 0 Å². The molecule has 6 nitrogen and oxygen atoms in total. The minimum Gasteiger partial charge on any atom is -0.379 e. The first-order valence-electron chi connectivity index (χ1n) is 10.7. The lowest BCUT2D eigenvalue weighted by molar-refractivity contribution is 0.0169. The number of hydrogen-bond acceptors (Lipinski definition) is 4. The average molecular weight is 536 g/mol. The molecule has 0 aromatic heterocycles. The third kappa shape index (κ3) is 9.03. The molecule has 1 aromatic carbocycles. The van der Waals surface area contributed by atoms with Crippen LogP contribution in [0.5, 0.6) is 0 Å². The molecule has 0 amide bonds. The van der Waals surface area contributed by atoms with Crippen molar-refractivity contribution in [1.82, 2.24) is 15.5 Å². The fraction of sp³-hybridized carbons (Fsp3) is 0.682. The molecule has 0 bridgehead atoms. The lowest BCUT2D eigenvalue weighted by atomic mass is 10.0. The van der Waals surface area contributed by atoms with Gasteiger partial charge >= 0.3 is 0 Å². The van der Waals surface area contributed by atoms with Crippen LogP contribution in [-0.4, -0.2) is 70.0 Å². The van der Waals surface area contributed by atoms with Crippen LogP contribution in [0.3, 0.4) is 0 Å². The summed E-state index contributed by atoms with van der Waals surface area (Å²) in [5, 5.41) is 6.79. The van der Waals surface area contributed by atoms with E-state index in [4.69, 9.17) is 9.47 Å². The fourth-order valence-electron chi connectivity index (χ4n) is 3.63. The third-order valence-corrected chi connectivity index (χ3v) is 5.25. The molecule has 30 heavy (non-hydrogen) atoms. The Kier molecular flexibility index (Phi) is 13.5. The SMILES string of the molecule is CCOC(CCNC(=NC)NCC(c1cccc(F)c1)N1CCOCC1)C(C)C.I. The van der Waals surface area contributed by atoms with Crippen LogP contribution in [0.25, 0.3) is 0 Å². The van der Waals surface area contributed by atoms with Gasteiger partial charge in [-0.1, -0.05) is 26.0 Å². The quantitative estimate of drug-likeness (QED) is 0.273. The van der Waals surface area contributed by atoms with Gasteiger partial charge in [0.25, 0.3) is 0 Å². The lowest BCUT2D eigenvalue weighted by Gasteiger charge is -2.35. The summed E-state index contributed by atoms with van der Waals surface area (Å²) in [7, 11) is 1.77. The molecule has 0 saturated carbocycles. The Morgan fingerprint density at radius 3 is 2.60 bits per heavy atom. The van der Waals surface area contributed by atoms with Crippen molar-refractivity contribution in [1.29, 1.82) is 0 Å². The summed E-state index contributed by atoms with van der Waals surface area (Å²) in [5.74, 6) is 1.02. The summed E-state index contributed by atoms with van der Waals surface area (Å²) in [6.07, 6.45) is 1.15. The Labute approximate surface area is 198 Å². The van der Waals surface area contributed by atoms with E-state index in [1.54, 1.807) is 19.2 Å². The molecule has 2 unspecified atom stereocenters. The molecule has 1 heterocycles. The number of nitrogens with zero attached hydrogens (tertiary/aromatic N) is 2. The predicted octanol–water partition coefficient (Wildman–Crippen LogP) is 3.43. The van der Waals surface area contributed by atoms with Gasteiger partial charge in [-0.25, -0.2) is 4.39 Å². The van der Waals surface area contributed by atoms with Gasteiger partial charge in [-0.15, -0.1) is 24.0 Å². The first kappa shape index (κ1) is 27.1. The second kappa shape index (κ2) is 14.9. The van der Waals surface area contributed by atoms with E-state index >= 15 is 0 Å². The van der Waals surface area contributed by atoms with Gasteiger partial charge in [0.15, 0.2) is 5.96 Å². The van der Waals surface area contributed by atoms with Crippen molar-refractivity contribution in [2.45, 2.75) is 39.3 Å². The van der Waals surface area contributed by atoms with E-state index in [1.807, 2.05) is 13.0 Å². The van der Waals surface area contributed by atoms with Crippen LogP contribution in [0, 0.1) is 11.7 Å². The van der Waals surface area contributed by atoms with Crippen molar-refractivity contribution in [3.63, 3.8) is 0 Å². The molecule has 172 valence electrons. The molecule has 1 aliphatic heterocycles. The Morgan fingerprint density at radius 2 is 2.00 bits per heavy atom. The van der Waals surface area contributed by atoms with E-state index in [0.29, 0.717) is 25.7 Å². The van der Waals surface area contributed by atoms with E-state index in [0.717, 1.165) is 44.2 Å². The van der Waals surface area contributed by atoms with E-state index < -0.39 is 0 Å². The summed E-state index contributed by atoms with van der Waals surface area (Å²) in [6.45, 7) is 11.6. The number of guanidine groups is 1. The Hall–Kier alpha value is -0.970. The second-order valence-electron chi connectivity index (χ2n) is 7.63. The number of ether oxygens (including phenoxy) is 2. The van der Waals surface area contributed by atoms with Gasteiger partial charge in [0.1, 0.15) is 5.82 Å². The maximum absolute atomic E-state index is 13.8. The first-order chi connectivity index (χ1) is 14.0. The molecule has 2 N–H and O–H groups in total. The summed E-state index contributed by atoms with van der Waals surface area (Å²) in [6, 6.07) is 6.91. The minimum absolute atomic E-state index is 0. The van der Waals surface area contributed by atoms with E-state index in [2.05, 4.69) is 34.4 Å². The number of rotatable bonds is 10. The fourth-order valence-corrected chi connectivity index (χ4v) is 3.63. The highest BCUT2D eigenvalue weighted by Crippen LogP contribution is 2.22. The standard InChI is InChI=1S/C22H37FN4O2.HI/c1-5-29-21(17(2)3)9-10-25-22(24-4)26-16-20(27-11-13-28-14-12-27)18-7-6-8-19(23)15-18;/h6-8,15,17,20-21H,5,9-14,16H2,1-4H3,(H2,24,25,26);1H. The zero-order chi connectivity index (χ0) is 21.1. The number of morpholine rings is 1. The van der Waals surface area contributed by atoms with Gasteiger partial charge in [-0.3, -0.25) is 9.89 Å². The summed E-state index contributed by atoms with van der Waals surface area (Å²) < 4.78 is 25.1. The summed E-state index contributed by atoms with van der Waals surface area (Å²) >= 11 is 0. The van der Waals surface area contributed by atoms with E-state index in [9.17, 15) is 4.39 Å². The number of nitrogens with one attached hydrogen (secondary N) is 2. The molecule has 1 aromatic rings. The van der Waals surface area contributed by atoms with Gasteiger partial charge < -0.3 is 20.1 Å². The lowest BCUT2D eigenvalue weighted by Crippen LogP contribution is -2.46. The molecule has 1 aliphatic rings. The molecular weight excluding hydrogens is 498 g/mol. The molecule has 0 spiro atoms. The van der Waals surface area contributed by atoms with Gasteiger partial charge in [-0.2, -0.15) is 0 Å². The van der Waals surface area contributed by atoms with Crippen LogP contribution in [-0.2, 0) is 9.47 Å². The van der Waals surface area contributed by atoms with Crippen LogP contribution in [0.2, 0.25) is 0 Å². The maximum atomic E-state index is 13.8. The van der Waals surface area contributed by atoms with Crippen molar-refractivity contribution in [3.05, 3.63) is 35.6 Å². The molecule has 1 fully saturated rings. The van der Waals surface area contributed by atoms with Gasteiger partial charge in [0, 0.05) is 39.8 Å². The van der Waals surface area contributed by atoms with E-state index in [1.165, 1.54) is 6.07 Å². The highest BCUT2D eigenvalue weighted by atomic mass is 127. The maximum Gasteiger partial charge on any atom is 0.191 e. The summed E-state index contributed by atoms with van der Waals surface area (Å²) in [5.41, 5.74) is 0.964. The highest BCUT2D eigenvalue weighted by molar-refractivity contribution is 14.0. The van der Waals surface area contributed by atoms with Crippen LogP contribution in [0.4, 0.5) is 4.39 Å². The van der Waals surface area contributed by atoms with Crippen molar-refractivity contribution in [3.8, 4) is 0 Å². The van der Waals surface area contributed by atoms with Crippen molar-refractivity contribution in [2.75, 3.05) is 53.0 Å². The highest BCUT2D eigenvalue weighted by Gasteiger charge is 2.23. The molecule has 0 radical (unpaired) electrons. The Balaban J connectivity index is 0.00000450. The Morgan fingerprint density at radius 1 is 1.27 bits per heavy atom.